The van der Waals surface area contributed by atoms with Crippen LogP contribution < -0.4 is 0 Å². The lowest BCUT2D eigenvalue weighted by Gasteiger charge is -2.31. The van der Waals surface area contributed by atoms with Crippen molar-refractivity contribution in [2.45, 2.75) is 38.7 Å². The summed E-state index contributed by atoms with van der Waals surface area (Å²) in [5.41, 5.74) is 4.08. The molecule has 2 fully saturated rings. The molecule has 2 saturated heterocycles. The van der Waals surface area contributed by atoms with Crippen LogP contribution in [0, 0.1) is 23.6 Å². The standard InChI is InChI=1S/C25H30FNO5/c1-4-14(9-15-5-7-20(28)19(26)10-15)6-8-21-22-16(12-31-3)11-17-23(18(22)13-32-21)25(30)27(2)24(17)29/h5,7,9-10,17-18,21,23,28H,4,6,8,11-13H2,1-3H3/b14-9+/t17-,18+,21-,23-/m1/s1. The number of ether oxygens (including phenoxy) is 2. The van der Waals surface area contributed by atoms with Crippen LogP contribution in [-0.4, -0.2) is 55.3 Å². The molecule has 1 aromatic rings. The first-order valence-electron chi connectivity index (χ1n) is 11.2. The SMILES string of the molecule is CC/C(=C\c1ccc(O)c(F)c1)CC[C@H]1OC[C@H]2C1=C(COC)C[C@H]1C(=O)N(C)C(=O)[C@H]12. The topological polar surface area (TPSA) is 76.1 Å². The number of phenolic OH excluding ortho intramolecular Hbond substituents is 1. The predicted molar refractivity (Wildman–Crippen MR) is 117 cm³/mol. The fourth-order valence-electron chi connectivity index (χ4n) is 5.45. The molecular weight excluding hydrogens is 413 g/mol. The Kier molecular flexibility index (Phi) is 6.49. The minimum Gasteiger partial charge on any atom is -0.505 e. The molecule has 2 aliphatic heterocycles. The van der Waals surface area contributed by atoms with E-state index in [1.165, 1.54) is 17.0 Å². The molecule has 0 radical (unpaired) electrons. The minimum atomic E-state index is -0.636. The molecule has 0 spiro atoms. The fraction of sp³-hybridized carbons (Fsp3) is 0.520. The van der Waals surface area contributed by atoms with E-state index in [0.29, 0.717) is 25.2 Å². The third-order valence-corrected chi connectivity index (χ3v) is 7.07. The summed E-state index contributed by atoms with van der Waals surface area (Å²) in [6, 6.07) is 4.37. The van der Waals surface area contributed by atoms with E-state index in [0.717, 1.165) is 36.0 Å². The predicted octanol–water partition coefficient (Wildman–Crippen LogP) is 3.70. The summed E-state index contributed by atoms with van der Waals surface area (Å²) in [5.74, 6) is -1.93. The number of benzene rings is 1. The van der Waals surface area contributed by atoms with E-state index >= 15 is 0 Å². The van der Waals surface area contributed by atoms with Crippen molar-refractivity contribution >= 4 is 17.9 Å². The van der Waals surface area contributed by atoms with Gasteiger partial charge in [0.25, 0.3) is 0 Å². The van der Waals surface area contributed by atoms with E-state index < -0.39 is 5.82 Å². The third kappa shape index (κ3) is 3.99. The van der Waals surface area contributed by atoms with Gasteiger partial charge in [-0.2, -0.15) is 0 Å². The Morgan fingerprint density at radius 2 is 2.09 bits per heavy atom. The second kappa shape index (κ2) is 9.16. The van der Waals surface area contributed by atoms with Gasteiger partial charge in [0, 0.05) is 20.1 Å². The zero-order chi connectivity index (χ0) is 23.0. The monoisotopic (exact) mass is 443 g/mol. The van der Waals surface area contributed by atoms with Gasteiger partial charge in [-0.25, -0.2) is 4.39 Å². The van der Waals surface area contributed by atoms with Crippen LogP contribution in [0.4, 0.5) is 4.39 Å². The van der Waals surface area contributed by atoms with Crippen LogP contribution in [0.2, 0.25) is 0 Å². The quantitative estimate of drug-likeness (QED) is 0.514. The normalized spacial score (nSPS) is 27.9. The highest BCUT2D eigenvalue weighted by Gasteiger charge is 2.55. The van der Waals surface area contributed by atoms with Gasteiger partial charge in [0.2, 0.25) is 11.8 Å². The number of aromatic hydroxyl groups is 1. The van der Waals surface area contributed by atoms with E-state index in [1.54, 1.807) is 20.2 Å². The highest BCUT2D eigenvalue weighted by molar-refractivity contribution is 6.05. The van der Waals surface area contributed by atoms with Gasteiger partial charge < -0.3 is 14.6 Å². The van der Waals surface area contributed by atoms with E-state index in [-0.39, 0.29) is 41.4 Å². The number of carbonyl (C=O) groups excluding carboxylic acids is 2. The molecule has 172 valence electrons. The van der Waals surface area contributed by atoms with Gasteiger partial charge >= 0.3 is 0 Å². The van der Waals surface area contributed by atoms with E-state index in [9.17, 15) is 19.1 Å². The number of amides is 2. The summed E-state index contributed by atoms with van der Waals surface area (Å²) < 4.78 is 25.3. The molecule has 6 nitrogen and oxygen atoms in total. The lowest BCUT2D eigenvalue weighted by Crippen LogP contribution is -2.34. The maximum atomic E-state index is 13.7. The first-order chi connectivity index (χ1) is 15.3. The summed E-state index contributed by atoms with van der Waals surface area (Å²) in [5, 5.41) is 9.40. The van der Waals surface area contributed by atoms with Crippen molar-refractivity contribution in [3.05, 3.63) is 46.3 Å². The molecule has 1 aliphatic carbocycles. The number of methoxy groups -OCH3 is 1. The van der Waals surface area contributed by atoms with Crippen LogP contribution in [0.5, 0.6) is 5.75 Å². The Morgan fingerprint density at radius 3 is 2.78 bits per heavy atom. The number of nitrogens with zero attached hydrogens (tertiary/aromatic N) is 1. The van der Waals surface area contributed by atoms with Crippen LogP contribution in [-0.2, 0) is 19.1 Å². The van der Waals surface area contributed by atoms with Crippen LogP contribution in [0.25, 0.3) is 6.08 Å². The minimum absolute atomic E-state index is 0.0782. The third-order valence-electron chi connectivity index (χ3n) is 7.07. The van der Waals surface area contributed by atoms with Gasteiger partial charge in [0.05, 0.1) is 31.2 Å². The molecule has 4 rings (SSSR count). The van der Waals surface area contributed by atoms with Gasteiger partial charge in [0.1, 0.15) is 0 Å². The number of imide groups is 1. The van der Waals surface area contributed by atoms with Crippen LogP contribution >= 0.6 is 0 Å². The van der Waals surface area contributed by atoms with Crippen LogP contribution in [0.15, 0.2) is 34.9 Å². The Bertz CT molecular complexity index is 985. The largest absolute Gasteiger partial charge is 0.505 e. The zero-order valence-corrected chi connectivity index (χ0v) is 18.8. The number of rotatable bonds is 7. The van der Waals surface area contributed by atoms with Gasteiger partial charge in [-0.05, 0) is 54.5 Å². The smallest absolute Gasteiger partial charge is 0.233 e. The highest BCUT2D eigenvalue weighted by atomic mass is 19.1. The van der Waals surface area contributed by atoms with Gasteiger partial charge in [-0.15, -0.1) is 0 Å². The number of likely N-dealkylation sites (tertiary alicyclic amines) is 1. The van der Waals surface area contributed by atoms with Crippen molar-refractivity contribution in [2.24, 2.45) is 17.8 Å². The molecule has 0 aromatic heterocycles. The molecule has 7 heteroatoms. The lowest BCUT2D eigenvalue weighted by atomic mass is 9.69. The molecule has 1 N–H and O–H groups in total. The van der Waals surface area contributed by atoms with Crippen molar-refractivity contribution in [3.8, 4) is 5.75 Å². The Labute approximate surface area is 187 Å². The Morgan fingerprint density at radius 1 is 1.31 bits per heavy atom. The number of allylic oxidation sites excluding steroid dienone is 1. The van der Waals surface area contributed by atoms with Crippen molar-refractivity contribution < 1.29 is 28.6 Å². The number of halogens is 1. The maximum absolute atomic E-state index is 13.7. The summed E-state index contributed by atoms with van der Waals surface area (Å²) >= 11 is 0. The first-order valence-corrected chi connectivity index (χ1v) is 11.2. The molecule has 3 aliphatic rings. The Hall–Kier alpha value is -2.51. The van der Waals surface area contributed by atoms with Crippen molar-refractivity contribution in [3.63, 3.8) is 0 Å². The number of hydrogen-bond donors (Lipinski definition) is 1. The molecule has 1 aromatic carbocycles. The summed E-state index contributed by atoms with van der Waals surface area (Å²) in [6.45, 7) is 2.93. The summed E-state index contributed by atoms with van der Waals surface area (Å²) in [7, 11) is 3.21. The Balaban J connectivity index is 1.54. The number of fused-ring (bicyclic) bond motifs is 3. The van der Waals surface area contributed by atoms with Crippen molar-refractivity contribution in [1.29, 1.82) is 0 Å². The number of carbonyl (C=O) groups is 2. The van der Waals surface area contributed by atoms with E-state index in [4.69, 9.17) is 9.47 Å². The van der Waals surface area contributed by atoms with Gasteiger partial charge in [-0.3, -0.25) is 14.5 Å². The number of hydrogen-bond acceptors (Lipinski definition) is 5. The van der Waals surface area contributed by atoms with E-state index in [2.05, 4.69) is 6.92 Å². The van der Waals surface area contributed by atoms with Gasteiger partial charge in [-0.1, -0.05) is 24.6 Å². The van der Waals surface area contributed by atoms with E-state index in [1.807, 2.05) is 6.08 Å². The molecule has 0 saturated carbocycles. The van der Waals surface area contributed by atoms with Crippen LogP contribution in [0.1, 0.15) is 38.2 Å². The van der Waals surface area contributed by atoms with Gasteiger partial charge in [0.15, 0.2) is 11.6 Å². The first kappa shape index (κ1) is 22.7. The summed E-state index contributed by atoms with van der Waals surface area (Å²) in [6.07, 6.45) is 4.69. The lowest BCUT2D eigenvalue weighted by molar-refractivity contribution is -0.138. The second-order valence-electron chi connectivity index (χ2n) is 8.90. The molecule has 0 unspecified atom stereocenters. The average Bonchev–Trinajstić information content (AvgIpc) is 3.29. The molecule has 0 bridgehead atoms. The molecule has 2 heterocycles. The molecule has 4 atom stereocenters. The van der Waals surface area contributed by atoms with Crippen molar-refractivity contribution in [2.75, 3.05) is 27.4 Å². The zero-order valence-electron chi connectivity index (χ0n) is 18.8. The fourth-order valence-corrected chi connectivity index (χ4v) is 5.45. The highest BCUT2D eigenvalue weighted by Crippen LogP contribution is 2.49. The average molecular weight is 444 g/mol. The molecular formula is C25H30FNO5. The van der Waals surface area contributed by atoms with Crippen molar-refractivity contribution in [1.82, 2.24) is 4.90 Å². The summed E-state index contributed by atoms with van der Waals surface area (Å²) in [4.78, 5) is 26.6. The number of phenols is 1. The maximum Gasteiger partial charge on any atom is 0.233 e. The second-order valence-corrected chi connectivity index (χ2v) is 8.90. The molecule has 2 amide bonds. The van der Waals surface area contributed by atoms with Crippen LogP contribution in [0.3, 0.4) is 0 Å². The molecule has 32 heavy (non-hydrogen) atoms.